The molecule has 2 saturated heterocycles. The Morgan fingerprint density at radius 1 is 1.11 bits per heavy atom. The number of amides is 1. The lowest BCUT2D eigenvalue weighted by molar-refractivity contribution is 0.0693. The molecule has 7 nitrogen and oxygen atoms in total. The fraction of sp³-hybridized carbons (Fsp3) is 0.476. The Morgan fingerprint density at radius 2 is 1.89 bits per heavy atom. The summed E-state index contributed by atoms with van der Waals surface area (Å²) in [6.45, 7) is 5.74. The zero-order chi connectivity index (χ0) is 19.3. The molecule has 1 amide bonds. The van der Waals surface area contributed by atoms with E-state index in [-0.39, 0.29) is 11.9 Å². The molecule has 148 valence electrons. The predicted molar refractivity (Wildman–Crippen MR) is 109 cm³/mol. The van der Waals surface area contributed by atoms with E-state index in [0.29, 0.717) is 24.7 Å². The van der Waals surface area contributed by atoms with Crippen molar-refractivity contribution in [3.05, 3.63) is 41.6 Å². The molecule has 2 aliphatic heterocycles. The number of ether oxygens (including phenoxy) is 1. The van der Waals surface area contributed by atoms with Crippen molar-refractivity contribution in [2.45, 2.75) is 38.6 Å². The molecule has 1 aromatic carbocycles. The van der Waals surface area contributed by atoms with Crippen molar-refractivity contribution < 1.29 is 9.53 Å². The highest BCUT2D eigenvalue weighted by Crippen LogP contribution is 2.27. The van der Waals surface area contributed by atoms with E-state index in [1.54, 1.807) is 12.1 Å². The molecule has 0 radical (unpaired) electrons. The van der Waals surface area contributed by atoms with Crippen molar-refractivity contribution >= 4 is 23.1 Å². The molecule has 0 spiro atoms. The summed E-state index contributed by atoms with van der Waals surface area (Å²) in [5.74, 6) is 0.441. The van der Waals surface area contributed by atoms with Crippen LogP contribution in [0.5, 0.6) is 0 Å². The van der Waals surface area contributed by atoms with Crippen molar-refractivity contribution in [3.8, 4) is 0 Å². The van der Waals surface area contributed by atoms with E-state index in [1.807, 2.05) is 0 Å². The van der Waals surface area contributed by atoms with Crippen LogP contribution in [0.1, 0.15) is 41.7 Å². The standard InChI is InChI=1S/C21H27N5O2/c1-15-14-17(26-10-2-3-11-26)4-5-18(15)23-20-7-6-19(24-25-20)21(27)22-16-8-12-28-13-9-16/h4-7,14,16H,2-3,8-13H2,1H3,(H,22,27)(H,23,25). The summed E-state index contributed by atoms with van der Waals surface area (Å²) in [4.78, 5) is 14.7. The van der Waals surface area contributed by atoms with Crippen LogP contribution in [0, 0.1) is 6.92 Å². The Labute approximate surface area is 165 Å². The zero-order valence-corrected chi connectivity index (χ0v) is 16.3. The van der Waals surface area contributed by atoms with Gasteiger partial charge in [0.2, 0.25) is 0 Å². The highest BCUT2D eigenvalue weighted by molar-refractivity contribution is 5.92. The van der Waals surface area contributed by atoms with E-state index in [4.69, 9.17) is 4.74 Å². The van der Waals surface area contributed by atoms with Gasteiger partial charge in [-0.15, -0.1) is 10.2 Å². The lowest BCUT2D eigenvalue weighted by Crippen LogP contribution is -2.39. The molecule has 0 unspecified atom stereocenters. The molecule has 0 aliphatic carbocycles. The number of nitrogens with zero attached hydrogens (tertiary/aromatic N) is 3. The first-order valence-electron chi connectivity index (χ1n) is 10.0. The molecule has 2 aliphatic rings. The monoisotopic (exact) mass is 381 g/mol. The number of carbonyl (C=O) groups is 1. The van der Waals surface area contributed by atoms with E-state index in [2.05, 4.69) is 50.9 Å². The fourth-order valence-electron chi connectivity index (χ4n) is 3.72. The summed E-state index contributed by atoms with van der Waals surface area (Å²) >= 11 is 0. The van der Waals surface area contributed by atoms with Crippen molar-refractivity contribution in [1.29, 1.82) is 0 Å². The number of aryl methyl sites for hydroxylation is 1. The minimum Gasteiger partial charge on any atom is -0.381 e. The van der Waals surface area contributed by atoms with Crippen molar-refractivity contribution in [3.63, 3.8) is 0 Å². The van der Waals surface area contributed by atoms with Gasteiger partial charge in [0, 0.05) is 43.7 Å². The second-order valence-electron chi connectivity index (χ2n) is 7.48. The van der Waals surface area contributed by atoms with Crippen LogP contribution in [0.3, 0.4) is 0 Å². The van der Waals surface area contributed by atoms with Gasteiger partial charge in [-0.25, -0.2) is 0 Å². The van der Waals surface area contributed by atoms with Crippen LogP contribution in [0.25, 0.3) is 0 Å². The van der Waals surface area contributed by atoms with Crippen molar-refractivity contribution in [1.82, 2.24) is 15.5 Å². The summed E-state index contributed by atoms with van der Waals surface area (Å²) in [6, 6.07) is 10.1. The number of benzene rings is 1. The number of anilines is 3. The minimum absolute atomic E-state index is 0.151. The number of aromatic nitrogens is 2. The van der Waals surface area contributed by atoms with Gasteiger partial charge in [0.15, 0.2) is 11.5 Å². The number of nitrogens with one attached hydrogen (secondary N) is 2. The molecular weight excluding hydrogens is 354 g/mol. The summed E-state index contributed by atoms with van der Waals surface area (Å²) in [5.41, 5.74) is 3.76. The fourth-order valence-corrected chi connectivity index (χ4v) is 3.72. The first kappa shape index (κ1) is 18.7. The second kappa shape index (κ2) is 8.56. The van der Waals surface area contributed by atoms with Crippen LogP contribution in [0.2, 0.25) is 0 Å². The van der Waals surface area contributed by atoms with Gasteiger partial charge < -0.3 is 20.3 Å². The van der Waals surface area contributed by atoms with Crippen LogP contribution in [-0.4, -0.2) is 48.4 Å². The maximum absolute atomic E-state index is 12.3. The summed E-state index contributed by atoms with van der Waals surface area (Å²) in [7, 11) is 0. The molecule has 2 aromatic rings. The van der Waals surface area contributed by atoms with Crippen LogP contribution in [0.4, 0.5) is 17.2 Å². The van der Waals surface area contributed by atoms with Crippen LogP contribution in [0.15, 0.2) is 30.3 Å². The molecule has 0 saturated carbocycles. The largest absolute Gasteiger partial charge is 0.381 e. The molecule has 0 bridgehead atoms. The molecule has 1 aromatic heterocycles. The molecule has 2 N–H and O–H groups in total. The molecule has 2 fully saturated rings. The molecular formula is C21H27N5O2. The SMILES string of the molecule is Cc1cc(N2CCCC2)ccc1Nc1ccc(C(=O)NC2CCOCC2)nn1. The van der Waals surface area contributed by atoms with Gasteiger partial charge in [0.25, 0.3) is 5.91 Å². The van der Waals surface area contributed by atoms with Gasteiger partial charge in [-0.05, 0) is 68.5 Å². The molecule has 28 heavy (non-hydrogen) atoms. The molecule has 0 atom stereocenters. The van der Waals surface area contributed by atoms with Gasteiger partial charge in [0.05, 0.1) is 0 Å². The number of rotatable bonds is 5. The Balaban J connectivity index is 1.38. The third-order valence-corrected chi connectivity index (χ3v) is 5.40. The number of hydrogen-bond donors (Lipinski definition) is 2. The molecule has 3 heterocycles. The normalized spacial score (nSPS) is 17.5. The van der Waals surface area contributed by atoms with E-state index in [1.165, 1.54) is 18.5 Å². The molecule has 4 rings (SSSR count). The highest BCUT2D eigenvalue weighted by atomic mass is 16.5. The third kappa shape index (κ3) is 4.42. The topological polar surface area (TPSA) is 79.4 Å². The smallest absolute Gasteiger partial charge is 0.272 e. The first-order chi connectivity index (χ1) is 13.7. The van der Waals surface area contributed by atoms with E-state index in [0.717, 1.165) is 37.2 Å². The van der Waals surface area contributed by atoms with Crippen LogP contribution in [-0.2, 0) is 4.74 Å². The zero-order valence-electron chi connectivity index (χ0n) is 16.3. The quantitative estimate of drug-likeness (QED) is 0.829. The first-order valence-corrected chi connectivity index (χ1v) is 10.0. The van der Waals surface area contributed by atoms with E-state index < -0.39 is 0 Å². The summed E-state index contributed by atoms with van der Waals surface area (Å²) in [5, 5.41) is 14.6. The lowest BCUT2D eigenvalue weighted by atomic mass is 10.1. The average molecular weight is 381 g/mol. The maximum atomic E-state index is 12.3. The Hall–Kier alpha value is -2.67. The number of hydrogen-bond acceptors (Lipinski definition) is 6. The summed E-state index contributed by atoms with van der Waals surface area (Å²) in [6.07, 6.45) is 4.21. The Bertz CT molecular complexity index is 812. The van der Waals surface area contributed by atoms with Crippen molar-refractivity contribution in [2.24, 2.45) is 0 Å². The number of carbonyl (C=O) groups excluding carboxylic acids is 1. The van der Waals surface area contributed by atoms with E-state index >= 15 is 0 Å². The van der Waals surface area contributed by atoms with Gasteiger partial charge >= 0.3 is 0 Å². The minimum atomic E-state index is -0.183. The van der Waals surface area contributed by atoms with Gasteiger partial charge in [-0.3, -0.25) is 4.79 Å². The molecule has 7 heteroatoms. The van der Waals surface area contributed by atoms with Crippen LogP contribution >= 0.6 is 0 Å². The second-order valence-corrected chi connectivity index (χ2v) is 7.48. The maximum Gasteiger partial charge on any atom is 0.272 e. The average Bonchev–Trinajstić information content (AvgIpc) is 3.26. The predicted octanol–water partition coefficient (Wildman–Crippen LogP) is 3.04. The Kier molecular flexibility index (Phi) is 5.71. The van der Waals surface area contributed by atoms with E-state index in [9.17, 15) is 4.79 Å². The van der Waals surface area contributed by atoms with Crippen LogP contribution < -0.4 is 15.5 Å². The van der Waals surface area contributed by atoms with Gasteiger partial charge in [0.1, 0.15) is 0 Å². The van der Waals surface area contributed by atoms with Gasteiger partial charge in [-0.2, -0.15) is 0 Å². The van der Waals surface area contributed by atoms with Gasteiger partial charge in [-0.1, -0.05) is 0 Å². The Morgan fingerprint density at radius 3 is 2.57 bits per heavy atom. The highest BCUT2D eigenvalue weighted by Gasteiger charge is 2.18. The van der Waals surface area contributed by atoms with Crippen molar-refractivity contribution in [2.75, 3.05) is 36.5 Å². The third-order valence-electron chi connectivity index (χ3n) is 5.40. The summed E-state index contributed by atoms with van der Waals surface area (Å²) < 4.78 is 5.31. The lowest BCUT2D eigenvalue weighted by Gasteiger charge is -2.22.